The summed E-state index contributed by atoms with van der Waals surface area (Å²) in [7, 11) is -3.76. The molecule has 23 heavy (non-hydrogen) atoms. The number of hydrogen-bond donors (Lipinski definition) is 1. The van der Waals surface area contributed by atoms with Crippen molar-refractivity contribution in [2.24, 2.45) is 0 Å². The van der Waals surface area contributed by atoms with Crippen LogP contribution in [-0.2, 0) is 10.0 Å². The molecule has 0 saturated heterocycles. The topological polar surface area (TPSA) is 70.0 Å². The molecule has 0 fully saturated rings. The fourth-order valence-electron chi connectivity index (χ4n) is 2.44. The Labute approximate surface area is 135 Å². The average molecular weight is 322 g/mol. The van der Waals surface area contributed by atoms with Crippen molar-refractivity contribution in [1.29, 1.82) is 5.26 Å². The summed E-state index contributed by atoms with van der Waals surface area (Å²) in [5.74, 6) is 0. The standard InChI is InChI=1S/C18H14N2O2S/c1-13-5-4-8-18(17(13)12-19)20-23(21,22)16-10-9-14-6-2-3-7-15(14)11-16/h2-11,20H,1H3. The minimum Gasteiger partial charge on any atom is -0.278 e. The van der Waals surface area contributed by atoms with E-state index in [1.54, 1.807) is 43.3 Å². The summed E-state index contributed by atoms with van der Waals surface area (Å²) in [4.78, 5) is 0.168. The molecule has 0 saturated carbocycles. The molecular formula is C18H14N2O2S. The lowest BCUT2D eigenvalue weighted by molar-refractivity contribution is 0.601. The average Bonchev–Trinajstić information content (AvgIpc) is 2.54. The Hall–Kier alpha value is -2.84. The van der Waals surface area contributed by atoms with Gasteiger partial charge in [-0.25, -0.2) is 8.42 Å². The minimum atomic E-state index is -3.76. The molecule has 0 aliphatic rings. The van der Waals surface area contributed by atoms with Crippen molar-refractivity contribution in [1.82, 2.24) is 0 Å². The number of nitriles is 1. The number of benzene rings is 3. The van der Waals surface area contributed by atoms with E-state index in [0.29, 0.717) is 11.3 Å². The van der Waals surface area contributed by atoms with Crippen molar-refractivity contribution in [3.8, 4) is 6.07 Å². The highest BCUT2D eigenvalue weighted by Gasteiger charge is 2.17. The zero-order valence-electron chi connectivity index (χ0n) is 12.4. The van der Waals surface area contributed by atoms with Gasteiger partial charge in [-0.3, -0.25) is 4.72 Å². The van der Waals surface area contributed by atoms with Crippen LogP contribution in [-0.4, -0.2) is 8.42 Å². The third-order valence-corrected chi connectivity index (χ3v) is 5.02. The highest BCUT2D eigenvalue weighted by molar-refractivity contribution is 7.92. The van der Waals surface area contributed by atoms with Gasteiger partial charge in [-0.2, -0.15) is 5.26 Å². The van der Waals surface area contributed by atoms with E-state index in [1.165, 1.54) is 0 Å². The van der Waals surface area contributed by atoms with Gasteiger partial charge in [-0.1, -0.05) is 42.5 Å². The first-order valence-electron chi connectivity index (χ1n) is 7.02. The third kappa shape index (κ3) is 2.89. The third-order valence-electron chi connectivity index (χ3n) is 3.66. The Morgan fingerprint density at radius 1 is 0.957 bits per heavy atom. The molecule has 0 radical (unpaired) electrons. The van der Waals surface area contributed by atoms with Crippen molar-refractivity contribution >= 4 is 26.5 Å². The van der Waals surface area contributed by atoms with Crippen molar-refractivity contribution in [3.05, 3.63) is 71.8 Å². The van der Waals surface area contributed by atoms with Crippen LogP contribution in [0.4, 0.5) is 5.69 Å². The molecule has 5 heteroatoms. The molecular weight excluding hydrogens is 308 g/mol. The molecule has 0 aliphatic carbocycles. The van der Waals surface area contributed by atoms with E-state index < -0.39 is 10.0 Å². The van der Waals surface area contributed by atoms with Crippen LogP contribution in [0, 0.1) is 18.3 Å². The highest BCUT2D eigenvalue weighted by atomic mass is 32.2. The SMILES string of the molecule is Cc1cccc(NS(=O)(=O)c2ccc3ccccc3c2)c1C#N. The van der Waals surface area contributed by atoms with Gasteiger partial charge in [0.25, 0.3) is 10.0 Å². The van der Waals surface area contributed by atoms with Gasteiger partial charge in [0.2, 0.25) is 0 Å². The van der Waals surface area contributed by atoms with Crippen LogP contribution in [0.25, 0.3) is 10.8 Å². The van der Waals surface area contributed by atoms with Gasteiger partial charge in [-0.05, 0) is 41.5 Å². The zero-order valence-corrected chi connectivity index (χ0v) is 13.3. The van der Waals surface area contributed by atoms with Gasteiger partial charge >= 0.3 is 0 Å². The van der Waals surface area contributed by atoms with Crippen molar-refractivity contribution in [2.45, 2.75) is 11.8 Å². The summed E-state index contributed by atoms with van der Waals surface area (Å²) in [5, 5.41) is 11.0. The van der Waals surface area contributed by atoms with E-state index in [4.69, 9.17) is 0 Å². The van der Waals surface area contributed by atoms with E-state index in [1.807, 2.05) is 30.3 Å². The maximum atomic E-state index is 12.6. The quantitative estimate of drug-likeness (QED) is 0.797. The molecule has 4 nitrogen and oxygen atoms in total. The molecule has 0 spiro atoms. The number of fused-ring (bicyclic) bond motifs is 1. The van der Waals surface area contributed by atoms with E-state index in [9.17, 15) is 13.7 Å². The molecule has 0 aromatic heterocycles. The van der Waals surface area contributed by atoms with Crippen LogP contribution in [0.3, 0.4) is 0 Å². The Bertz CT molecular complexity index is 1030. The van der Waals surface area contributed by atoms with Crippen molar-refractivity contribution in [3.63, 3.8) is 0 Å². The second kappa shape index (κ2) is 5.75. The predicted octanol–water partition coefficient (Wildman–Crippen LogP) is 3.82. The van der Waals surface area contributed by atoms with Crippen LogP contribution in [0.15, 0.2) is 65.6 Å². The minimum absolute atomic E-state index is 0.168. The molecule has 0 unspecified atom stereocenters. The second-order valence-corrected chi connectivity index (χ2v) is 6.91. The highest BCUT2D eigenvalue weighted by Crippen LogP contribution is 2.24. The lowest BCUT2D eigenvalue weighted by atomic mass is 10.1. The van der Waals surface area contributed by atoms with Gasteiger partial charge in [-0.15, -0.1) is 0 Å². The van der Waals surface area contributed by atoms with E-state index in [-0.39, 0.29) is 4.90 Å². The number of anilines is 1. The number of rotatable bonds is 3. The first-order chi connectivity index (χ1) is 11.0. The Balaban J connectivity index is 2.05. The molecule has 0 aliphatic heterocycles. The summed E-state index contributed by atoms with van der Waals surface area (Å²) in [5.41, 5.74) is 1.35. The normalized spacial score (nSPS) is 11.1. The number of aryl methyl sites for hydroxylation is 1. The number of nitrogens with one attached hydrogen (secondary N) is 1. The van der Waals surface area contributed by atoms with Crippen LogP contribution in [0.2, 0.25) is 0 Å². The van der Waals surface area contributed by atoms with Crippen LogP contribution < -0.4 is 4.72 Å². The maximum absolute atomic E-state index is 12.6. The summed E-state index contributed by atoms with van der Waals surface area (Å²) < 4.78 is 27.7. The van der Waals surface area contributed by atoms with Gasteiger partial charge in [0.1, 0.15) is 6.07 Å². The summed E-state index contributed by atoms with van der Waals surface area (Å²) >= 11 is 0. The zero-order chi connectivity index (χ0) is 16.4. The Morgan fingerprint density at radius 3 is 2.43 bits per heavy atom. The van der Waals surface area contributed by atoms with Crippen LogP contribution in [0.5, 0.6) is 0 Å². The number of hydrogen-bond acceptors (Lipinski definition) is 3. The first kappa shape index (κ1) is 15.1. The maximum Gasteiger partial charge on any atom is 0.261 e. The lowest BCUT2D eigenvalue weighted by Crippen LogP contribution is -2.14. The van der Waals surface area contributed by atoms with E-state index >= 15 is 0 Å². The molecule has 3 aromatic rings. The first-order valence-corrected chi connectivity index (χ1v) is 8.51. The van der Waals surface area contributed by atoms with Crippen molar-refractivity contribution < 1.29 is 8.42 Å². The Morgan fingerprint density at radius 2 is 1.70 bits per heavy atom. The van der Waals surface area contributed by atoms with Gasteiger partial charge in [0.05, 0.1) is 16.1 Å². The van der Waals surface area contributed by atoms with Crippen LogP contribution >= 0.6 is 0 Å². The molecule has 0 atom stereocenters. The van der Waals surface area contributed by atoms with Crippen LogP contribution in [0.1, 0.15) is 11.1 Å². The van der Waals surface area contributed by atoms with Gasteiger partial charge in [0.15, 0.2) is 0 Å². The molecule has 0 bridgehead atoms. The summed E-state index contributed by atoms with van der Waals surface area (Å²) in [6.45, 7) is 1.77. The van der Waals surface area contributed by atoms with Crippen molar-refractivity contribution in [2.75, 3.05) is 4.72 Å². The summed E-state index contributed by atoms with van der Waals surface area (Å²) in [6, 6.07) is 19.6. The molecule has 3 aromatic carbocycles. The predicted molar refractivity (Wildman–Crippen MR) is 90.7 cm³/mol. The van der Waals surface area contributed by atoms with E-state index in [0.717, 1.165) is 16.3 Å². The molecule has 114 valence electrons. The fraction of sp³-hybridized carbons (Fsp3) is 0.0556. The molecule has 1 N–H and O–H groups in total. The number of nitrogens with zero attached hydrogens (tertiary/aromatic N) is 1. The summed E-state index contributed by atoms with van der Waals surface area (Å²) in [6.07, 6.45) is 0. The fourth-order valence-corrected chi connectivity index (χ4v) is 3.55. The molecule has 0 heterocycles. The van der Waals surface area contributed by atoms with Gasteiger partial charge in [0, 0.05) is 0 Å². The second-order valence-electron chi connectivity index (χ2n) is 5.22. The number of sulfonamides is 1. The monoisotopic (exact) mass is 322 g/mol. The lowest BCUT2D eigenvalue weighted by Gasteiger charge is -2.11. The van der Waals surface area contributed by atoms with Gasteiger partial charge < -0.3 is 0 Å². The molecule has 0 amide bonds. The Kier molecular flexibility index (Phi) is 3.77. The largest absolute Gasteiger partial charge is 0.278 e. The van der Waals surface area contributed by atoms with E-state index in [2.05, 4.69) is 4.72 Å². The molecule has 3 rings (SSSR count). The smallest absolute Gasteiger partial charge is 0.261 e.